The van der Waals surface area contributed by atoms with Crippen LogP contribution in [0.5, 0.6) is 0 Å². The molecule has 1 aliphatic rings. The van der Waals surface area contributed by atoms with Gasteiger partial charge in [0.05, 0.1) is 6.54 Å². The first-order valence-corrected chi connectivity index (χ1v) is 8.29. The monoisotopic (exact) mass is 352 g/mol. The van der Waals surface area contributed by atoms with Crippen LogP contribution in [0.4, 0.5) is 10.2 Å². The molecule has 3 rings (SSSR count). The molecule has 23 heavy (non-hydrogen) atoms. The molecule has 0 fully saturated rings. The van der Waals surface area contributed by atoms with E-state index < -0.39 is 5.82 Å². The van der Waals surface area contributed by atoms with Crippen molar-refractivity contribution in [3.05, 3.63) is 58.0 Å². The number of fused-ring (bicyclic) bond motifs is 1. The van der Waals surface area contributed by atoms with Gasteiger partial charge in [0.1, 0.15) is 17.5 Å². The number of carbonyl (C=O) groups is 1. The van der Waals surface area contributed by atoms with E-state index in [-0.39, 0.29) is 28.9 Å². The number of rotatable bonds is 4. The Hall–Kier alpha value is -1.65. The van der Waals surface area contributed by atoms with Crippen LogP contribution < -0.4 is 4.90 Å². The number of aromatic nitrogens is 1. The highest BCUT2D eigenvalue weighted by Gasteiger charge is 2.22. The van der Waals surface area contributed by atoms with Gasteiger partial charge in [0.15, 0.2) is 0 Å². The molecule has 0 saturated carbocycles. The number of pyridine rings is 1. The van der Waals surface area contributed by atoms with Crippen molar-refractivity contribution in [1.82, 2.24) is 4.98 Å². The number of benzene rings is 1. The number of nitrogens with zero attached hydrogens (tertiary/aromatic N) is 2. The minimum Gasteiger partial charge on any atom is -0.291 e. The molecule has 1 heterocycles. The van der Waals surface area contributed by atoms with Gasteiger partial charge in [-0.3, -0.25) is 9.69 Å². The van der Waals surface area contributed by atoms with E-state index in [1.54, 1.807) is 12.1 Å². The van der Waals surface area contributed by atoms with Crippen molar-refractivity contribution in [2.45, 2.75) is 25.8 Å². The number of hydrogen-bond acceptors (Lipinski definition) is 2. The first kappa shape index (κ1) is 16.2. The number of alkyl halides is 1. The Morgan fingerprint density at radius 2 is 2.09 bits per heavy atom. The van der Waals surface area contributed by atoms with Crippen molar-refractivity contribution < 1.29 is 9.18 Å². The van der Waals surface area contributed by atoms with Crippen LogP contribution in [0.1, 0.15) is 23.2 Å². The molecule has 1 aliphatic carbocycles. The molecule has 0 saturated heterocycles. The van der Waals surface area contributed by atoms with Crippen molar-refractivity contribution in [3.63, 3.8) is 0 Å². The maximum atomic E-state index is 14.0. The summed E-state index contributed by atoms with van der Waals surface area (Å²) in [6, 6.07) is 8.20. The van der Waals surface area contributed by atoms with Crippen LogP contribution in [0.3, 0.4) is 0 Å². The second-order valence-electron chi connectivity index (χ2n) is 5.44. The fourth-order valence-electron chi connectivity index (χ4n) is 2.77. The maximum Gasteiger partial charge on any atom is 0.243 e. The van der Waals surface area contributed by atoms with E-state index in [0.29, 0.717) is 5.82 Å². The molecule has 3 nitrogen and oxygen atoms in total. The molecule has 6 heteroatoms. The fraction of sp³-hybridized carbons (Fsp3) is 0.294. The number of halogens is 3. The molecule has 0 spiro atoms. The van der Waals surface area contributed by atoms with Crippen molar-refractivity contribution >= 4 is 34.9 Å². The second-order valence-corrected chi connectivity index (χ2v) is 6.12. The van der Waals surface area contributed by atoms with E-state index in [0.717, 1.165) is 25.0 Å². The largest absolute Gasteiger partial charge is 0.291 e. The van der Waals surface area contributed by atoms with E-state index in [4.69, 9.17) is 23.2 Å². The van der Waals surface area contributed by atoms with Crippen molar-refractivity contribution in [3.8, 4) is 0 Å². The number of amides is 1. The first-order chi connectivity index (χ1) is 11.1. The Morgan fingerprint density at radius 3 is 2.83 bits per heavy atom. The van der Waals surface area contributed by atoms with Crippen LogP contribution in [0.25, 0.3) is 0 Å². The molecule has 0 atom stereocenters. The third-order valence-corrected chi connectivity index (χ3v) is 4.57. The standard InChI is InChI=1S/C17H15Cl2FN2O/c18-9-17(23)22(10-12-13(19)4-2-5-14(12)20)16-8-7-11-3-1-6-15(11)21-16/h2,4-5,7-8H,1,3,6,9-10H2. The minimum atomic E-state index is -0.453. The smallest absolute Gasteiger partial charge is 0.243 e. The lowest BCUT2D eigenvalue weighted by atomic mass is 10.2. The molecule has 0 bridgehead atoms. The third-order valence-electron chi connectivity index (χ3n) is 3.98. The lowest BCUT2D eigenvalue weighted by Crippen LogP contribution is -2.32. The van der Waals surface area contributed by atoms with Crippen LogP contribution in [-0.2, 0) is 24.2 Å². The van der Waals surface area contributed by atoms with E-state index in [2.05, 4.69) is 4.98 Å². The Kier molecular flexibility index (Phi) is 4.83. The van der Waals surface area contributed by atoms with Gasteiger partial charge in [-0.25, -0.2) is 9.37 Å². The predicted octanol–water partition coefficient (Wildman–Crippen LogP) is 4.13. The molecule has 1 aromatic heterocycles. The number of aryl methyl sites for hydroxylation is 2. The summed E-state index contributed by atoms with van der Waals surface area (Å²) in [4.78, 5) is 18.2. The topological polar surface area (TPSA) is 33.2 Å². The molecular weight excluding hydrogens is 338 g/mol. The summed E-state index contributed by atoms with van der Waals surface area (Å²) in [6.07, 6.45) is 2.96. The Bertz CT molecular complexity index is 731. The zero-order valence-corrected chi connectivity index (χ0v) is 13.9. The molecule has 2 aromatic rings. The summed E-state index contributed by atoms with van der Waals surface area (Å²) in [7, 11) is 0. The molecule has 1 aromatic carbocycles. The van der Waals surface area contributed by atoms with Gasteiger partial charge < -0.3 is 0 Å². The summed E-state index contributed by atoms with van der Waals surface area (Å²) in [5.41, 5.74) is 2.46. The van der Waals surface area contributed by atoms with Gasteiger partial charge in [-0.05, 0) is 43.0 Å². The maximum absolute atomic E-state index is 14.0. The normalized spacial score (nSPS) is 13.0. The SMILES string of the molecule is O=C(CCl)N(Cc1c(F)cccc1Cl)c1ccc2c(n1)CCC2. The van der Waals surface area contributed by atoms with Gasteiger partial charge >= 0.3 is 0 Å². The number of hydrogen-bond donors (Lipinski definition) is 0. The lowest BCUT2D eigenvalue weighted by molar-refractivity contribution is -0.116. The highest BCUT2D eigenvalue weighted by atomic mass is 35.5. The van der Waals surface area contributed by atoms with E-state index >= 15 is 0 Å². The minimum absolute atomic E-state index is 0.00282. The third kappa shape index (κ3) is 3.33. The molecule has 1 amide bonds. The van der Waals surface area contributed by atoms with Gasteiger partial charge in [-0.15, -0.1) is 11.6 Å². The summed E-state index contributed by atoms with van der Waals surface area (Å²) in [5, 5.41) is 0.276. The molecule has 0 unspecified atom stereocenters. The van der Waals surface area contributed by atoms with Crippen LogP contribution in [0.2, 0.25) is 5.02 Å². The van der Waals surface area contributed by atoms with Gasteiger partial charge in [0, 0.05) is 16.3 Å². The Morgan fingerprint density at radius 1 is 1.26 bits per heavy atom. The zero-order valence-electron chi connectivity index (χ0n) is 12.4. The average molecular weight is 353 g/mol. The average Bonchev–Trinajstić information content (AvgIpc) is 3.01. The molecule has 0 N–H and O–H groups in total. The summed E-state index contributed by atoms with van der Waals surface area (Å²) >= 11 is 11.8. The van der Waals surface area contributed by atoms with Crippen LogP contribution >= 0.6 is 23.2 Å². The van der Waals surface area contributed by atoms with Gasteiger partial charge in [0.2, 0.25) is 5.91 Å². The summed E-state index contributed by atoms with van der Waals surface area (Å²) in [5.74, 6) is -0.511. The summed E-state index contributed by atoms with van der Waals surface area (Å²) in [6.45, 7) is 0.00282. The molecule has 120 valence electrons. The lowest BCUT2D eigenvalue weighted by Gasteiger charge is -2.22. The van der Waals surface area contributed by atoms with Crippen LogP contribution in [0.15, 0.2) is 30.3 Å². The van der Waals surface area contributed by atoms with Gasteiger partial charge in [-0.2, -0.15) is 0 Å². The van der Waals surface area contributed by atoms with Crippen LogP contribution in [0, 0.1) is 5.82 Å². The highest BCUT2D eigenvalue weighted by molar-refractivity contribution is 6.31. The van der Waals surface area contributed by atoms with Crippen molar-refractivity contribution in [2.75, 3.05) is 10.8 Å². The van der Waals surface area contributed by atoms with E-state index in [1.807, 2.05) is 6.07 Å². The van der Waals surface area contributed by atoms with Crippen LogP contribution in [-0.4, -0.2) is 16.8 Å². The van der Waals surface area contributed by atoms with Crippen molar-refractivity contribution in [2.24, 2.45) is 0 Å². The molecule has 0 radical (unpaired) electrons. The van der Waals surface area contributed by atoms with Gasteiger partial charge in [0.25, 0.3) is 0 Å². The zero-order chi connectivity index (χ0) is 16.4. The number of carbonyl (C=O) groups excluding carboxylic acids is 1. The highest BCUT2D eigenvalue weighted by Crippen LogP contribution is 2.27. The first-order valence-electron chi connectivity index (χ1n) is 7.38. The predicted molar refractivity (Wildman–Crippen MR) is 89.6 cm³/mol. The quantitative estimate of drug-likeness (QED) is 0.775. The van der Waals surface area contributed by atoms with Crippen molar-refractivity contribution in [1.29, 1.82) is 0 Å². The van der Waals surface area contributed by atoms with E-state index in [1.165, 1.54) is 22.6 Å². The molecular formula is C17H15Cl2FN2O. The Labute approximate surface area is 144 Å². The second kappa shape index (κ2) is 6.85. The van der Waals surface area contributed by atoms with E-state index in [9.17, 15) is 9.18 Å². The Balaban J connectivity index is 1.97. The van der Waals surface area contributed by atoms with Gasteiger partial charge in [-0.1, -0.05) is 23.7 Å². The summed E-state index contributed by atoms with van der Waals surface area (Å²) < 4.78 is 14.0. The number of anilines is 1. The fourth-order valence-corrected chi connectivity index (χ4v) is 3.14. The molecule has 0 aliphatic heterocycles.